The molecule has 1 fully saturated rings. The molecule has 1 aliphatic rings. The Bertz CT molecular complexity index is 430. The minimum Gasteiger partial charge on any atom is -0.433 e. The van der Waals surface area contributed by atoms with Crippen LogP contribution < -0.4 is 0 Å². The third-order valence-electron chi connectivity index (χ3n) is 4.64. The van der Waals surface area contributed by atoms with Crippen LogP contribution in [0.3, 0.4) is 0 Å². The maximum atomic E-state index is 11.5. The molecule has 30 heavy (non-hydrogen) atoms. The third kappa shape index (κ3) is 13.5. The molecule has 0 heterocycles. The van der Waals surface area contributed by atoms with Crippen molar-refractivity contribution < 1.29 is 38.0 Å². The first-order chi connectivity index (χ1) is 14.4. The predicted octanol–water partition coefficient (Wildman–Crippen LogP) is 4.55. The van der Waals surface area contributed by atoms with Crippen molar-refractivity contribution in [2.75, 3.05) is 50.4 Å². The second-order valence-electron chi connectivity index (χ2n) is 7.11. The summed E-state index contributed by atoms with van der Waals surface area (Å²) in [6.07, 6.45) is 5.33. The molecule has 1 saturated carbocycles. The zero-order chi connectivity index (χ0) is 22.2. The van der Waals surface area contributed by atoms with Gasteiger partial charge in [-0.2, -0.15) is 23.5 Å². The van der Waals surface area contributed by atoms with Gasteiger partial charge >= 0.3 is 12.3 Å². The van der Waals surface area contributed by atoms with E-state index < -0.39 is 24.9 Å². The van der Waals surface area contributed by atoms with E-state index in [0.29, 0.717) is 38.3 Å². The lowest BCUT2D eigenvalue weighted by Crippen LogP contribution is -2.27. The fourth-order valence-corrected chi connectivity index (χ4v) is 3.43. The molecule has 1 aliphatic carbocycles. The Morgan fingerprint density at radius 3 is 1.47 bits per heavy atom. The first-order valence-electron chi connectivity index (χ1n) is 10.3. The number of ether oxygens (including phenoxy) is 6. The van der Waals surface area contributed by atoms with Crippen molar-refractivity contribution in [3.05, 3.63) is 0 Å². The van der Waals surface area contributed by atoms with Crippen molar-refractivity contribution in [1.82, 2.24) is 0 Å². The summed E-state index contributed by atoms with van der Waals surface area (Å²) in [4.78, 5) is 23.0. The number of rotatable bonds is 14. The molecule has 0 bridgehead atoms. The number of hydrogen-bond donors (Lipinski definition) is 0. The summed E-state index contributed by atoms with van der Waals surface area (Å²) in [7, 11) is 0. The van der Waals surface area contributed by atoms with Gasteiger partial charge in [0.25, 0.3) is 0 Å². The Kier molecular flexibility index (Phi) is 15.2. The molecule has 2 atom stereocenters. The molecule has 2 unspecified atom stereocenters. The van der Waals surface area contributed by atoms with Gasteiger partial charge in [0.05, 0.1) is 13.2 Å². The highest BCUT2D eigenvalue weighted by Crippen LogP contribution is 2.29. The molecular formula is C20H36O8S2. The van der Waals surface area contributed by atoms with Crippen LogP contribution in [0.1, 0.15) is 39.5 Å². The largest absolute Gasteiger partial charge is 0.510 e. The molecule has 0 saturated heterocycles. The van der Waals surface area contributed by atoms with Gasteiger partial charge < -0.3 is 28.4 Å². The second kappa shape index (κ2) is 16.8. The van der Waals surface area contributed by atoms with Gasteiger partial charge in [-0.25, -0.2) is 9.59 Å². The number of thioether (sulfide) groups is 2. The summed E-state index contributed by atoms with van der Waals surface area (Å²) >= 11 is 3.20. The van der Waals surface area contributed by atoms with Crippen molar-refractivity contribution in [3.8, 4) is 0 Å². The summed E-state index contributed by atoms with van der Waals surface area (Å²) in [5.41, 5.74) is 0. The molecule has 0 N–H and O–H groups in total. The maximum Gasteiger partial charge on any atom is 0.510 e. The van der Waals surface area contributed by atoms with Crippen LogP contribution in [0.25, 0.3) is 0 Å². The minimum absolute atomic E-state index is 0.335. The Hall–Kier alpha value is -0.840. The van der Waals surface area contributed by atoms with Gasteiger partial charge in [0.1, 0.15) is 13.2 Å². The molecule has 0 amide bonds. The monoisotopic (exact) mass is 468 g/mol. The quantitative estimate of drug-likeness (QED) is 0.205. The van der Waals surface area contributed by atoms with E-state index in [1.54, 1.807) is 37.4 Å². The van der Waals surface area contributed by atoms with E-state index in [9.17, 15) is 9.59 Å². The van der Waals surface area contributed by atoms with Gasteiger partial charge in [-0.05, 0) is 63.9 Å². The average Bonchev–Trinajstić information content (AvgIpc) is 2.72. The second-order valence-corrected chi connectivity index (χ2v) is 9.08. The topological polar surface area (TPSA) is 89.5 Å². The van der Waals surface area contributed by atoms with E-state index in [2.05, 4.69) is 0 Å². The number of hydrogen-bond acceptors (Lipinski definition) is 10. The molecule has 8 nitrogen and oxygen atoms in total. The molecule has 0 aromatic heterocycles. The molecule has 10 heteroatoms. The molecule has 0 radical (unpaired) electrons. The zero-order valence-electron chi connectivity index (χ0n) is 18.5. The standard InChI is InChI=1S/C20H36O8S2/c1-15(27-19(21)23-9-11-29-3)25-13-17-5-7-18(8-6-17)14-26-16(2)28-20(22)24-10-12-30-4/h15-18H,5-14H2,1-4H3. The van der Waals surface area contributed by atoms with Crippen LogP contribution >= 0.6 is 23.5 Å². The van der Waals surface area contributed by atoms with Crippen LogP contribution in [0.15, 0.2) is 0 Å². The molecule has 0 spiro atoms. The molecular weight excluding hydrogens is 432 g/mol. The van der Waals surface area contributed by atoms with E-state index in [1.165, 1.54) is 0 Å². The highest BCUT2D eigenvalue weighted by Gasteiger charge is 2.24. The fourth-order valence-electron chi connectivity index (χ4n) is 2.93. The number of carbonyl (C=O) groups is 2. The van der Waals surface area contributed by atoms with Gasteiger partial charge in [0.15, 0.2) is 0 Å². The van der Waals surface area contributed by atoms with Crippen molar-refractivity contribution in [3.63, 3.8) is 0 Å². The molecule has 176 valence electrons. The third-order valence-corrected chi connectivity index (χ3v) is 5.79. The summed E-state index contributed by atoms with van der Waals surface area (Å²) in [6, 6.07) is 0. The Morgan fingerprint density at radius 2 is 1.13 bits per heavy atom. The van der Waals surface area contributed by atoms with E-state index in [-0.39, 0.29) is 0 Å². The van der Waals surface area contributed by atoms with Crippen molar-refractivity contribution in [2.45, 2.75) is 52.1 Å². The van der Waals surface area contributed by atoms with Gasteiger partial charge in [-0.3, -0.25) is 0 Å². The SMILES string of the molecule is CSCCOC(=O)OC(C)OCC1CCC(COC(C)OC(=O)OCCSC)CC1. The van der Waals surface area contributed by atoms with Gasteiger partial charge in [0.2, 0.25) is 12.6 Å². The summed E-state index contributed by atoms with van der Waals surface area (Å²) in [5, 5.41) is 0. The molecule has 1 rings (SSSR count). The minimum atomic E-state index is -0.693. The maximum absolute atomic E-state index is 11.5. The van der Waals surface area contributed by atoms with Crippen molar-refractivity contribution in [1.29, 1.82) is 0 Å². The molecule has 0 aromatic carbocycles. The predicted molar refractivity (Wildman–Crippen MR) is 118 cm³/mol. The Labute approximate surface area is 188 Å². The van der Waals surface area contributed by atoms with Crippen LogP contribution in [-0.4, -0.2) is 75.3 Å². The molecule has 0 aromatic rings. The van der Waals surface area contributed by atoms with Crippen LogP contribution in [0.5, 0.6) is 0 Å². The zero-order valence-corrected chi connectivity index (χ0v) is 20.1. The van der Waals surface area contributed by atoms with Crippen molar-refractivity contribution >= 4 is 35.8 Å². The van der Waals surface area contributed by atoms with E-state index >= 15 is 0 Å². The van der Waals surface area contributed by atoms with E-state index in [0.717, 1.165) is 37.2 Å². The lowest BCUT2D eigenvalue weighted by molar-refractivity contribution is -0.129. The summed E-state index contributed by atoms with van der Waals surface area (Å²) in [6.45, 7) is 5.16. The van der Waals surface area contributed by atoms with E-state index in [4.69, 9.17) is 28.4 Å². The Morgan fingerprint density at radius 1 is 0.767 bits per heavy atom. The summed E-state index contributed by atoms with van der Waals surface area (Å²) in [5.74, 6) is 2.34. The van der Waals surface area contributed by atoms with Crippen LogP contribution in [-0.2, 0) is 28.4 Å². The van der Waals surface area contributed by atoms with Crippen molar-refractivity contribution in [2.24, 2.45) is 11.8 Å². The van der Waals surface area contributed by atoms with Gasteiger partial charge in [-0.15, -0.1) is 0 Å². The summed E-state index contributed by atoms with van der Waals surface area (Å²) < 4.78 is 31.3. The first kappa shape index (κ1) is 27.2. The van der Waals surface area contributed by atoms with Gasteiger partial charge in [-0.1, -0.05) is 0 Å². The fraction of sp³-hybridized carbons (Fsp3) is 0.900. The smallest absolute Gasteiger partial charge is 0.433 e. The normalized spacial score (nSPS) is 20.8. The first-order valence-corrected chi connectivity index (χ1v) is 13.1. The Balaban J connectivity index is 2.09. The van der Waals surface area contributed by atoms with Crippen LogP contribution in [0.4, 0.5) is 9.59 Å². The lowest BCUT2D eigenvalue weighted by atomic mass is 9.83. The number of carbonyl (C=O) groups excluding carboxylic acids is 2. The molecule has 0 aliphatic heterocycles. The van der Waals surface area contributed by atoms with Gasteiger partial charge in [0, 0.05) is 11.5 Å². The lowest BCUT2D eigenvalue weighted by Gasteiger charge is -2.29. The van der Waals surface area contributed by atoms with Crippen LogP contribution in [0.2, 0.25) is 0 Å². The van der Waals surface area contributed by atoms with E-state index in [1.807, 2.05) is 12.5 Å². The highest BCUT2D eigenvalue weighted by atomic mass is 32.2. The average molecular weight is 469 g/mol. The van der Waals surface area contributed by atoms with Crippen LogP contribution in [0, 0.1) is 11.8 Å². The highest BCUT2D eigenvalue weighted by molar-refractivity contribution is 7.98.